The lowest BCUT2D eigenvalue weighted by atomic mass is 10.1. The molecule has 0 atom stereocenters. The molecule has 0 fully saturated rings. The van der Waals surface area contributed by atoms with Crippen molar-refractivity contribution in [2.24, 2.45) is 0 Å². The largest absolute Gasteiger partial charge is 0.347 e. The van der Waals surface area contributed by atoms with E-state index in [1.807, 2.05) is 48.0 Å². The Balaban J connectivity index is 1.57. The maximum Gasteiger partial charge on any atom is 0.191 e. The van der Waals surface area contributed by atoms with E-state index in [-0.39, 0.29) is 5.78 Å². The van der Waals surface area contributed by atoms with Crippen molar-refractivity contribution in [3.05, 3.63) is 60.6 Å². The van der Waals surface area contributed by atoms with Gasteiger partial charge in [0, 0.05) is 53.7 Å². The van der Waals surface area contributed by atoms with Crippen LogP contribution >= 0.6 is 11.8 Å². The van der Waals surface area contributed by atoms with Crippen LogP contribution < -0.4 is 0 Å². The number of ketones is 1. The molecule has 7 heteroatoms. The molecule has 0 aliphatic rings. The van der Waals surface area contributed by atoms with Crippen LogP contribution in [0.25, 0.3) is 22.3 Å². The summed E-state index contributed by atoms with van der Waals surface area (Å²) in [6, 6.07) is 11.9. The van der Waals surface area contributed by atoms with Gasteiger partial charge in [-0.05, 0) is 32.0 Å². The van der Waals surface area contributed by atoms with Crippen molar-refractivity contribution >= 4 is 28.4 Å². The Morgan fingerprint density at radius 3 is 2.68 bits per heavy atom. The molecule has 0 amide bonds. The van der Waals surface area contributed by atoms with Gasteiger partial charge in [0.25, 0.3) is 0 Å². The van der Waals surface area contributed by atoms with Crippen LogP contribution in [0.1, 0.15) is 24.2 Å². The third kappa shape index (κ3) is 3.33. The van der Waals surface area contributed by atoms with E-state index in [1.165, 1.54) is 11.8 Å². The monoisotopic (exact) mass is 391 g/mol. The molecule has 142 valence electrons. The first-order valence-electron chi connectivity index (χ1n) is 9.30. The topological polar surface area (TPSA) is 65.6 Å². The molecule has 0 N–H and O–H groups in total. The fraction of sp³-hybridized carbons (Fsp3) is 0.238. The van der Waals surface area contributed by atoms with Gasteiger partial charge in [-0.25, -0.2) is 0 Å². The molecular formula is C21H21N5OS. The number of Topliss-reactive ketones (excluding diaryl/α,β-unsaturated/α-hetero) is 1. The summed E-state index contributed by atoms with van der Waals surface area (Å²) in [5.41, 5.74) is 2.77. The molecule has 0 spiro atoms. The lowest BCUT2D eigenvalue weighted by Crippen LogP contribution is -2.05. The van der Waals surface area contributed by atoms with Gasteiger partial charge < -0.3 is 9.13 Å². The number of nitrogens with zero attached hydrogens (tertiary/aromatic N) is 5. The minimum absolute atomic E-state index is 0.0991. The molecule has 0 bridgehead atoms. The summed E-state index contributed by atoms with van der Waals surface area (Å²) in [7, 11) is 0. The highest BCUT2D eigenvalue weighted by molar-refractivity contribution is 7.99. The van der Waals surface area contributed by atoms with Gasteiger partial charge in [0.15, 0.2) is 16.8 Å². The van der Waals surface area contributed by atoms with Gasteiger partial charge in [0.1, 0.15) is 0 Å². The number of rotatable bonds is 7. The van der Waals surface area contributed by atoms with Gasteiger partial charge in [0.05, 0.1) is 5.75 Å². The van der Waals surface area contributed by atoms with Crippen LogP contribution in [0, 0.1) is 0 Å². The van der Waals surface area contributed by atoms with Crippen LogP contribution in [0.4, 0.5) is 0 Å². The van der Waals surface area contributed by atoms with Gasteiger partial charge in [-0.15, -0.1) is 10.2 Å². The van der Waals surface area contributed by atoms with Gasteiger partial charge in [0.2, 0.25) is 0 Å². The number of hydrogen-bond acceptors (Lipinski definition) is 5. The highest BCUT2D eigenvalue weighted by atomic mass is 32.2. The van der Waals surface area contributed by atoms with Crippen LogP contribution in [0.5, 0.6) is 0 Å². The van der Waals surface area contributed by atoms with Crippen molar-refractivity contribution in [3.8, 4) is 11.4 Å². The second-order valence-corrected chi connectivity index (χ2v) is 7.29. The number of carbonyl (C=O) groups excluding carboxylic acids is 1. The van der Waals surface area contributed by atoms with E-state index >= 15 is 0 Å². The number of hydrogen-bond donors (Lipinski definition) is 0. The standard InChI is InChI=1S/C21H21N5OS/c1-3-25-13-17(16-9-5-6-10-18(16)25)19(27)14-28-21-24-23-20(26(21)4-2)15-8-7-11-22-12-15/h5-13H,3-4,14H2,1-2H3. The van der Waals surface area contributed by atoms with Crippen molar-refractivity contribution in [3.63, 3.8) is 0 Å². The Kier molecular flexibility index (Phi) is 5.25. The SMILES string of the molecule is CCn1c(SCC(=O)c2cn(CC)c3ccccc23)nnc1-c1cccnc1. The number of fused-ring (bicyclic) bond motifs is 1. The molecule has 6 nitrogen and oxygen atoms in total. The summed E-state index contributed by atoms with van der Waals surface area (Å²) in [4.78, 5) is 17.1. The third-order valence-corrected chi connectivity index (χ3v) is 5.68. The predicted octanol–water partition coefficient (Wildman–Crippen LogP) is 4.31. The molecule has 1 aromatic carbocycles. The highest BCUT2D eigenvalue weighted by Crippen LogP contribution is 2.26. The van der Waals surface area contributed by atoms with E-state index in [4.69, 9.17) is 0 Å². The van der Waals surface area contributed by atoms with E-state index in [2.05, 4.69) is 32.7 Å². The number of carbonyl (C=O) groups is 1. The molecule has 0 aliphatic carbocycles. The van der Waals surface area contributed by atoms with Crippen molar-refractivity contribution in [2.45, 2.75) is 32.1 Å². The minimum Gasteiger partial charge on any atom is -0.347 e. The Labute approximate surface area is 167 Å². The van der Waals surface area contributed by atoms with E-state index in [9.17, 15) is 4.79 Å². The molecule has 0 radical (unpaired) electrons. The summed E-state index contributed by atoms with van der Waals surface area (Å²) >= 11 is 1.43. The highest BCUT2D eigenvalue weighted by Gasteiger charge is 2.18. The number of benzene rings is 1. The number of para-hydroxylation sites is 1. The number of aromatic nitrogens is 5. The molecule has 0 saturated carbocycles. The van der Waals surface area contributed by atoms with E-state index < -0.39 is 0 Å². The Morgan fingerprint density at radius 2 is 1.93 bits per heavy atom. The molecule has 28 heavy (non-hydrogen) atoms. The zero-order valence-corrected chi connectivity index (χ0v) is 16.7. The lowest BCUT2D eigenvalue weighted by molar-refractivity contribution is 0.102. The normalized spacial score (nSPS) is 11.2. The van der Waals surface area contributed by atoms with Gasteiger partial charge in [-0.2, -0.15) is 0 Å². The molecule has 4 aromatic rings. The Hall–Kier alpha value is -2.93. The molecule has 0 aliphatic heterocycles. The first kappa shape index (κ1) is 18.4. The number of pyridine rings is 1. The zero-order chi connectivity index (χ0) is 19.5. The second-order valence-electron chi connectivity index (χ2n) is 6.35. The Bertz CT molecular complexity index is 1120. The fourth-order valence-electron chi connectivity index (χ4n) is 3.33. The van der Waals surface area contributed by atoms with E-state index in [0.29, 0.717) is 5.75 Å². The van der Waals surface area contributed by atoms with Crippen molar-refractivity contribution in [1.82, 2.24) is 24.3 Å². The minimum atomic E-state index is 0.0991. The smallest absolute Gasteiger partial charge is 0.191 e. The summed E-state index contributed by atoms with van der Waals surface area (Å²) < 4.78 is 4.13. The summed E-state index contributed by atoms with van der Waals surface area (Å²) in [5.74, 6) is 1.19. The van der Waals surface area contributed by atoms with Gasteiger partial charge in [-0.1, -0.05) is 30.0 Å². The summed E-state index contributed by atoms with van der Waals surface area (Å²) in [6.45, 7) is 5.69. The molecule has 3 heterocycles. The summed E-state index contributed by atoms with van der Waals surface area (Å²) in [6.07, 6.45) is 5.46. The molecule has 0 unspecified atom stereocenters. The Morgan fingerprint density at radius 1 is 1.07 bits per heavy atom. The maximum atomic E-state index is 12.9. The first-order valence-corrected chi connectivity index (χ1v) is 10.3. The van der Waals surface area contributed by atoms with Crippen LogP contribution in [-0.2, 0) is 13.1 Å². The fourth-order valence-corrected chi connectivity index (χ4v) is 4.21. The quantitative estimate of drug-likeness (QED) is 0.347. The van der Waals surface area contributed by atoms with Crippen molar-refractivity contribution < 1.29 is 4.79 Å². The van der Waals surface area contributed by atoms with Crippen molar-refractivity contribution in [2.75, 3.05) is 5.75 Å². The molecule has 3 aromatic heterocycles. The first-order chi connectivity index (χ1) is 13.7. The average Bonchev–Trinajstić information content (AvgIpc) is 3.33. The number of thioether (sulfide) groups is 1. The predicted molar refractivity (Wildman–Crippen MR) is 112 cm³/mol. The molecule has 4 rings (SSSR count). The molecular weight excluding hydrogens is 370 g/mol. The van der Waals surface area contributed by atoms with Crippen LogP contribution in [0.3, 0.4) is 0 Å². The molecule has 0 saturated heterocycles. The third-order valence-electron chi connectivity index (χ3n) is 4.71. The van der Waals surface area contributed by atoms with Crippen LogP contribution in [0.15, 0.2) is 60.1 Å². The second kappa shape index (κ2) is 7.98. The maximum absolute atomic E-state index is 12.9. The van der Waals surface area contributed by atoms with Gasteiger partial charge >= 0.3 is 0 Å². The van der Waals surface area contributed by atoms with Gasteiger partial charge in [-0.3, -0.25) is 9.78 Å². The van der Waals surface area contributed by atoms with Crippen LogP contribution in [0.2, 0.25) is 0 Å². The average molecular weight is 392 g/mol. The summed E-state index contributed by atoms with van der Waals surface area (Å²) in [5, 5.41) is 10.4. The van der Waals surface area contributed by atoms with Crippen LogP contribution in [-0.4, -0.2) is 35.9 Å². The zero-order valence-electron chi connectivity index (χ0n) is 15.9. The lowest BCUT2D eigenvalue weighted by Gasteiger charge is -2.06. The number of aryl methyl sites for hydroxylation is 1. The van der Waals surface area contributed by atoms with E-state index in [1.54, 1.807) is 12.4 Å². The van der Waals surface area contributed by atoms with Crippen molar-refractivity contribution in [1.29, 1.82) is 0 Å². The van der Waals surface area contributed by atoms with E-state index in [0.717, 1.165) is 46.1 Å².